The third-order valence-electron chi connectivity index (χ3n) is 4.48. The maximum atomic E-state index is 12.8. The molecule has 0 spiro atoms. The fourth-order valence-corrected chi connectivity index (χ4v) is 3.51. The first kappa shape index (κ1) is 17.0. The minimum Gasteiger partial charge on any atom is -0.343 e. The normalized spacial score (nSPS) is 18.1. The SMILES string of the molecule is CC(C)(CC(=O)N1CCCC1c1ncon1)Cc1ccc(Cl)cc1. The molecule has 0 bridgehead atoms. The molecule has 0 aliphatic carbocycles. The van der Waals surface area contributed by atoms with Crippen LogP contribution in [0.1, 0.15) is 50.5 Å². The summed E-state index contributed by atoms with van der Waals surface area (Å²) in [4.78, 5) is 18.8. The number of carbonyl (C=O) groups excluding carboxylic acids is 1. The van der Waals surface area contributed by atoms with Crippen LogP contribution < -0.4 is 0 Å². The van der Waals surface area contributed by atoms with Crippen molar-refractivity contribution in [1.82, 2.24) is 15.0 Å². The first-order chi connectivity index (χ1) is 11.4. The van der Waals surface area contributed by atoms with Gasteiger partial charge >= 0.3 is 0 Å². The van der Waals surface area contributed by atoms with E-state index < -0.39 is 0 Å². The number of benzene rings is 1. The van der Waals surface area contributed by atoms with Gasteiger partial charge in [-0.15, -0.1) is 0 Å². The summed E-state index contributed by atoms with van der Waals surface area (Å²) in [6, 6.07) is 7.77. The monoisotopic (exact) mass is 347 g/mol. The highest BCUT2D eigenvalue weighted by molar-refractivity contribution is 6.30. The van der Waals surface area contributed by atoms with Crippen LogP contribution in [0.3, 0.4) is 0 Å². The summed E-state index contributed by atoms with van der Waals surface area (Å²) in [7, 11) is 0. The summed E-state index contributed by atoms with van der Waals surface area (Å²) >= 11 is 5.94. The summed E-state index contributed by atoms with van der Waals surface area (Å²) < 4.78 is 4.83. The minimum atomic E-state index is -0.130. The molecular weight excluding hydrogens is 326 g/mol. The zero-order chi connectivity index (χ0) is 17.2. The van der Waals surface area contributed by atoms with Gasteiger partial charge in [0, 0.05) is 18.0 Å². The van der Waals surface area contributed by atoms with Crippen molar-refractivity contribution in [2.45, 2.75) is 45.6 Å². The molecule has 1 aromatic heterocycles. The molecule has 1 unspecified atom stereocenters. The van der Waals surface area contributed by atoms with Gasteiger partial charge in [0.1, 0.15) is 0 Å². The zero-order valence-corrected chi connectivity index (χ0v) is 14.8. The Morgan fingerprint density at radius 3 is 2.79 bits per heavy atom. The average molecular weight is 348 g/mol. The van der Waals surface area contributed by atoms with Crippen LogP contribution in [0, 0.1) is 5.41 Å². The second-order valence-corrected chi connectivity index (χ2v) is 7.62. The van der Waals surface area contributed by atoms with Crippen LogP contribution in [0.5, 0.6) is 0 Å². The molecule has 1 fully saturated rings. The lowest BCUT2D eigenvalue weighted by Gasteiger charge is -2.29. The maximum Gasteiger partial charge on any atom is 0.223 e. The van der Waals surface area contributed by atoms with Crippen LogP contribution in [-0.4, -0.2) is 27.5 Å². The van der Waals surface area contributed by atoms with Crippen LogP contribution in [0.25, 0.3) is 0 Å². The smallest absolute Gasteiger partial charge is 0.223 e. The van der Waals surface area contributed by atoms with Gasteiger partial charge in [0.2, 0.25) is 12.3 Å². The number of halogens is 1. The van der Waals surface area contributed by atoms with Crippen molar-refractivity contribution in [2.75, 3.05) is 6.54 Å². The molecule has 5 nitrogen and oxygen atoms in total. The Bertz CT molecular complexity index is 683. The largest absolute Gasteiger partial charge is 0.343 e. The van der Waals surface area contributed by atoms with Gasteiger partial charge in [-0.05, 0) is 42.4 Å². The first-order valence-corrected chi connectivity index (χ1v) is 8.63. The molecule has 0 saturated carbocycles. The second kappa shape index (κ2) is 6.93. The molecular formula is C18H22ClN3O2. The Morgan fingerprint density at radius 2 is 2.12 bits per heavy atom. The number of carbonyl (C=O) groups is 1. The van der Waals surface area contributed by atoms with Gasteiger partial charge in [-0.25, -0.2) is 0 Å². The van der Waals surface area contributed by atoms with Crippen molar-refractivity contribution in [2.24, 2.45) is 5.41 Å². The highest BCUT2D eigenvalue weighted by Gasteiger charge is 2.35. The standard InChI is InChI=1S/C18H22ClN3O2/c1-18(2,10-13-5-7-14(19)8-6-13)11-16(23)22-9-3-4-15(22)17-20-12-24-21-17/h5-8,12,15H,3-4,9-11H2,1-2H3. The van der Waals surface area contributed by atoms with Gasteiger partial charge in [-0.2, -0.15) is 4.98 Å². The van der Waals surface area contributed by atoms with E-state index in [2.05, 4.69) is 24.0 Å². The van der Waals surface area contributed by atoms with Gasteiger partial charge < -0.3 is 9.42 Å². The van der Waals surface area contributed by atoms with E-state index in [0.29, 0.717) is 12.2 Å². The fourth-order valence-electron chi connectivity index (χ4n) is 3.39. The molecule has 2 aromatic rings. The Labute approximate surface area is 147 Å². The zero-order valence-electron chi connectivity index (χ0n) is 14.0. The second-order valence-electron chi connectivity index (χ2n) is 7.18. The van der Waals surface area contributed by atoms with E-state index in [4.69, 9.17) is 16.1 Å². The van der Waals surface area contributed by atoms with E-state index in [-0.39, 0.29) is 17.4 Å². The number of amides is 1. The van der Waals surface area contributed by atoms with Crippen LogP contribution in [-0.2, 0) is 11.2 Å². The molecule has 1 aliphatic heterocycles. The van der Waals surface area contributed by atoms with E-state index in [0.717, 1.165) is 30.8 Å². The molecule has 2 heterocycles. The fraction of sp³-hybridized carbons (Fsp3) is 0.500. The van der Waals surface area contributed by atoms with Crippen molar-refractivity contribution in [3.05, 3.63) is 47.1 Å². The summed E-state index contributed by atoms with van der Waals surface area (Å²) in [6.07, 6.45) is 4.51. The molecule has 128 valence electrons. The quantitative estimate of drug-likeness (QED) is 0.818. The molecule has 1 aromatic carbocycles. The third kappa shape index (κ3) is 3.96. The molecule has 0 N–H and O–H groups in total. The van der Waals surface area contributed by atoms with Crippen LogP contribution in [0.15, 0.2) is 35.2 Å². The predicted octanol–water partition coefficient (Wildman–Crippen LogP) is 4.05. The van der Waals surface area contributed by atoms with Crippen LogP contribution in [0.2, 0.25) is 5.02 Å². The molecule has 1 aliphatic rings. The molecule has 1 amide bonds. The van der Waals surface area contributed by atoms with Gasteiger partial charge in [0.05, 0.1) is 6.04 Å². The van der Waals surface area contributed by atoms with Crippen molar-refractivity contribution >= 4 is 17.5 Å². The van der Waals surface area contributed by atoms with Crippen LogP contribution in [0.4, 0.5) is 0 Å². The Balaban J connectivity index is 1.65. The molecule has 24 heavy (non-hydrogen) atoms. The molecule has 1 saturated heterocycles. The average Bonchev–Trinajstić information content (AvgIpc) is 3.19. The van der Waals surface area contributed by atoms with Gasteiger partial charge in [-0.3, -0.25) is 4.79 Å². The number of nitrogens with zero attached hydrogens (tertiary/aromatic N) is 3. The summed E-state index contributed by atoms with van der Waals surface area (Å²) in [5.74, 6) is 0.762. The molecule has 0 radical (unpaired) electrons. The predicted molar refractivity (Wildman–Crippen MR) is 91.5 cm³/mol. The van der Waals surface area contributed by atoms with Gasteiger partial charge in [-0.1, -0.05) is 42.7 Å². The third-order valence-corrected chi connectivity index (χ3v) is 4.73. The van der Waals surface area contributed by atoms with Gasteiger partial charge in [0.15, 0.2) is 5.82 Å². The first-order valence-electron chi connectivity index (χ1n) is 8.25. The highest BCUT2D eigenvalue weighted by Crippen LogP contribution is 2.34. The minimum absolute atomic E-state index is 0.0532. The lowest BCUT2D eigenvalue weighted by Crippen LogP contribution is -2.34. The number of aromatic nitrogens is 2. The van der Waals surface area contributed by atoms with E-state index in [1.807, 2.05) is 29.2 Å². The summed E-state index contributed by atoms with van der Waals surface area (Å²) in [5.41, 5.74) is 1.06. The Kier molecular flexibility index (Phi) is 4.90. The topological polar surface area (TPSA) is 59.2 Å². The molecule has 1 atom stereocenters. The van der Waals surface area contributed by atoms with Crippen molar-refractivity contribution in [1.29, 1.82) is 0 Å². The van der Waals surface area contributed by atoms with E-state index in [1.165, 1.54) is 12.0 Å². The van der Waals surface area contributed by atoms with E-state index >= 15 is 0 Å². The lowest BCUT2D eigenvalue weighted by atomic mass is 9.82. The Morgan fingerprint density at radius 1 is 1.38 bits per heavy atom. The van der Waals surface area contributed by atoms with Crippen molar-refractivity contribution in [3.8, 4) is 0 Å². The molecule has 3 rings (SSSR count). The number of likely N-dealkylation sites (tertiary alicyclic amines) is 1. The van der Waals surface area contributed by atoms with E-state index in [1.54, 1.807) is 0 Å². The lowest BCUT2D eigenvalue weighted by molar-refractivity contribution is -0.134. The van der Waals surface area contributed by atoms with Crippen molar-refractivity contribution < 1.29 is 9.32 Å². The highest BCUT2D eigenvalue weighted by atomic mass is 35.5. The summed E-state index contributed by atoms with van der Waals surface area (Å²) in [5, 5.41) is 4.64. The van der Waals surface area contributed by atoms with Gasteiger partial charge in [0.25, 0.3) is 0 Å². The Hall–Kier alpha value is -1.88. The maximum absolute atomic E-state index is 12.8. The number of hydrogen-bond acceptors (Lipinski definition) is 4. The number of rotatable bonds is 5. The van der Waals surface area contributed by atoms with Crippen LogP contribution >= 0.6 is 11.6 Å². The molecule has 6 heteroatoms. The number of hydrogen-bond donors (Lipinski definition) is 0. The van der Waals surface area contributed by atoms with Crippen molar-refractivity contribution in [3.63, 3.8) is 0 Å². The van der Waals surface area contributed by atoms with E-state index in [9.17, 15) is 4.79 Å². The summed E-state index contributed by atoms with van der Waals surface area (Å²) in [6.45, 7) is 5.01.